The van der Waals surface area contributed by atoms with E-state index in [-0.39, 0.29) is 11.3 Å². The van der Waals surface area contributed by atoms with Crippen molar-refractivity contribution in [3.05, 3.63) is 57.6 Å². The number of hydrogen-bond donors (Lipinski definition) is 2. The third-order valence-electron chi connectivity index (χ3n) is 3.16. The summed E-state index contributed by atoms with van der Waals surface area (Å²) >= 11 is 0. The van der Waals surface area contributed by atoms with Gasteiger partial charge in [0, 0.05) is 17.8 Å². The molecule has 0 unspecified atom stereocenters. The van der Waals surface area contributed by atoms with Gasteiger partial charge < -0.3 is 15.2 Å². The van der Waals surface area contributed by atoms with E-state index < -0.39 is 10.9 Å². The highest BCUT2D eigenvalue weighted by Crippen LogP contribution is 2.29. The molecule has 0 bridgehead atoms. The van der Waals surface area contributed by atoms with Gasteiger partial charge in [0.15, 0.2) is 0 Å². The molecule has 0 aliphatic heterocycles. The van der Waals surface area contributed by atoms with Crippen molar-refractivity contribution in [2.75, 3.05) is 12.4 Å². The van der Waals surface area contributed by atoms with Crippen molar-refractivity contribution in [3.63, 3.8) is 0 Å². The van der Waals surface area contributed by atoms with Gasteiger partial charge in [-0.1, -0.05) is 6.07 Å². The number of anilines is 2. The van der Waals surface area contributed by atoms with Crippen LogP contribution < -0.4 is 10.1 Å². The summed E-state index contributed by atoms with van der Waals surface area (Å²) in [5.41, 5.74) is 1.51. The van der Waals surface area contributed by atoms with Crippen molar-refractivity contribution in [1.82, 2.24) is 0 Å². The Morgan fingerprint density at radius 2 is 1.95 bits per heavy atom. The average Bonchev–Trinajstić information content (AvgIpc) is 2.49. The minimum absolute atomic E-state index is 0.0188. The lowest BCUT2D eigenvalue weighted by molar-refractivity contribution is -0.384. The summed E-state index contributed by atoms with van der Waals surface area (Å²) in [5.74, 6) is -0.705. The highest BCUT2D eigenvalue weighted by Gasteiger charge is 2.14. The molecule has 22 heavy (non-hydrogen) atoms. The van der Waals surface area contributed by atoms with Gasteiger partial charge in [-0.3, -0.25) is 10.1 Å². The highest BCUT2D eigenvalue weighted by molar-refractivity contribution is 5.96. The molecule has 0 fully saturated rings. The summed E-state index contributed by atoms with van der Waals surface area (Å²) in [4.78, 5) is 21.7. The largest absolute Gasteiger partial charge is 0.497 e. The lowest BCUT2D eigenvalue weighted by atomic mass is 10.1. The van der Waals surface area contributed by atoms with Crippen LogP contribution in [0.4, 0.5) is 17.1 Å². The van der Waals surface area contributed by atoms with Crippen molar-refractivity contribution in [2.45, 2.75) is 6.92 Å². The first kappa shape index (κ1) is 15.3. The Bertz CT molecular complexity index is 743. The quantitative estimate of drug-likeness (QED) is 0.648. The van der Waals surface area contributed by atoms with Crippen LogP contribution in [-0.4, -0.2) is 23.1 Å². The van der Waals surface area contributed by atoms with E-state index in [1.165, 1.54) is 25.3 Å². The summed E-state index contributed by atoms with van der Waals surface area (Å²) in [6.07, 6.45) is 0. The first-order valence-electron chi connectivity index (χ1n) is 6.35. The molecule has 0 radical (unpaired) electrons. The van der Waals surface area contributed by atoms with Gasteiger partial charge in [-0.25, -0.2) is 4.79 Å². The second-order valence-corrected chi connectivity index (χ2v) is 4.60. The number of nitro benzene ring substituents is 1. The smallest absolute Gasteiger partial charge is 0.337 e. The molecule has 7 heteroatoms. The summed E-state index contributed by atoms with van der Waals surface area (Å²) in [6, 6.07) is 8.92. The van der Waals surface area contributed by atoms with E-state index in [0.717, 1.165) is 5.56 Å². The first-order valence-corrected chi connectivity index (χ1v) is 6.35. The number of aryl methyl sites for hydroxylation is 1. The number of benzene rings is 2. The number of ether oxygens (including phenoxy) is 1. The standard InChI is InChI=1S/C15H14N2O5/c1-9-3-4-10(17(20)21)7-14(9)16-13-6-5-11(22-2)8-12(13)15(18)19/h3-8,16H,1-2H3,(H,18,19). The Morgan fingerprint density at radius 1 is 1.23 bits per heavy atom. The number of methoxy groups -OCH3 is 1. The van der Waals surface area contributed by atoms with Crippen LogP contribution in [0.25, 0.3) is 0 Å². The van der Waals surface area contributed by atoms with Crippen molar-refractivity contribution in [2.24, 2.45) is 0 Å². The predicted molar refractivity (Wildman–Crippen MR) is 81.1 cm³/mol. The molecule has 7 nitrogen and oxygen atoms in total. The van der Waals surface area contributed by atoms with Crippen LogP contribution in [0, 0.1) is 17.0 Å². The summed E-state index contributed by atoms with van der Waals surface area (Å²) in [6.45, 7) is 1.77. The third kappa shape index (κ3) is 3.14. The Morgan fingerprint density at radius 3 is 2.55 bits per heavy atom. The molecule has 2 aromatic carbocycles. The van der Waals surface area contributed by atoms with E-state index in [0.29, 0.717) is 17.1 Å². The molecule has 2 rings (SSSR count). The number of aromatic carboxylic acids is 1. The zero-order chi connectivity index (χ0) is 16.3. The number of carboxylic acid groups (broad SMARTS) is 1. The van der Waals surface area contributed by atoms with Gasteiger partial charge in [-0.15, -0.1) is 0 Å². The molecule has 0 aliphatic carbocycles. The molecule has 114 valence electrons. The molecule has 0 saturated carbocycles. The Hall–Kier alpha value is -3.09. The van der Waals surface area contributed by atoms with E-state index in [1.807, 2.05) is 0 Å². The number of non-ortho nitro benzene ring substituents is 1. The predicted octanol–water partition coefficient (Wildman–Crippen LogP) is 3.35. The molecule has 0 amide bonds. The molecule has 0 aliphatic rings. The van der Waals surface area contributed by atoms with Crippen LogP contribution in [0.3, 0.4) is 0 Å². The first-order chi connectivity index (χ1) is 10.4. The number of nitrogens with one attached hydrogen (secondary N) is 1. The van der Waals surface area contributed by atoms with Gasteiger partial charge in [-0.05, 0) is 30.7 Å². The molecule has 0 saturated heterocycles. The zero-order valence-electron chi connectivity index (χ0n) is 12.0. The van der Waals surface area contributed by atoms with Gasteiger partial charge in [-0.2, -0.15) is 0 Å². The minimum Gasteiger partial charge on any atom is -0.497 e. The van der Waals surface area contributed by atoms with Crippen LogP contribution in [-0.2, 0) is 0 Å². The van der Waals surface area contributed by atoms with Crippen LogP contribution in [0.2, 0.25) is 0 Å². The van der Waals surface area contributed by atoms with Crippen molar-refractivity contribution in [1.29, 1.82) is 0 Å². The van der Waals surface area contributed by atoms with Crippen LogP contribution in [0.1, 0.15) is 15.9 Å². The van der Waals surface area contributed by atoms with Gasteiger partial charge in [0.1, 0.15) is 5.75 Å². The maximum atomic E-state index is 11.3. The number of carboxylic acids is 1. The lowest BCUT2D eigenvalue weighted by Gasteiger charge is -2.13. The molecule has 0 aromatic heterocycles. The van der Waals surface area contributed by atoms with Crippen molar-refractivity contribution in [3.8, 4) is 5.75 Å². The summed E-state index contributed by atoms with van der Waals surface area (Å²) < 4.78 is 5.00. The fraction of sp³-hybridized carbons (Fsp3) is 0.133. The van der Waals surface area contributed by atoms with Crippen molar-refractivity contribution < 1.29 is 19.6 Å². The number of nitro groups is 1. The Labute approximate surface area is 126 Å². The summed E-state index contributed by atoms with van der Waals surface area (Å²) in [5, 5.41) is 23.0. The maximum absolute atomic E-state index is 11.3. The SMILES string of the molecule is COc1ccc(Nc2cc([N+](=O)[O-])ccc2C)c(C(=O)O)c1. The summed E-state index contributed by atoms with van der Waals surface area (Å²) in [7, 11) is 1.44. The Kier molecular flexibility index (Phi) is 4.26. The van der Waals surface area contributed by atoms with Crippen LogP contribution in [0.15, 0.2) is 36.4 Å². The average molecular weight is 302 g/mol. The number of carbonyl (C=O) groups is 1. The van der Waals surface area contributed by atoms with Gasteiger partial charge >= 0.3 is 5.97 Å². The van der Waals surface area contributed by atoms with Crippen molar-refractivity contribution >= 4 is 23.0 Å². The fourth-order valence-electron chi connectivity index (χ4n) is 1.94. The zero-order valence-corrected chi connectivity index (χ0v) is 12.0. The molecular weight excluding hydrogens is 288 g/mol. The normalized spacial score (nSPS) is 10.1. The van der Waals surface area contributed by atoms with E-state index in [2.05, 4.69) is 5.32 Å². The molecular formula is C15H14N2O5. The lowest BCUT2D eigenvalue weighted by Crippen LogP contribution is -2.04. The monoisotopic (exact) mass is 302 g/mol. The molecule has 2 N–H and O–H groups in total. The number of rotatable bonds is 5. The second-order valence-electron chi connectivity index (χ2n) is 4.60. The van der Waals surface area contributed by atoms with Crippen LogP contribution >= 0.6 is 0 Å². The Balaban J connectivity index is 2.44. The van der Waals surface area contributed by atoms with E-state index in [4.69, 9.17) is 4.74 Å². The molecule has 0 heterocycles. The van der Waals surface area contributed by atoms with Gasteiger partial charge in [0.25, 0.3) is 5.69 Å². The van der Waals surface area contributed by atoms with E-state index in [9.17, 15) is 20.0 Å². The van der Waals surface area contributed by atoms with Gasteiger partial charge in [0.05, 0.1) is 23.3 Å². The van der Waals surface area contributed by atoms with E-state index in [1.54, 1.807) is 25.1 Å². The van der Waals surface area contributed by atoms with E-state index >= 15 is 0 Å². The third-order valence-corrected chi connectivity index (χ3v) is 3.16. The van der Waals surface area contributed by atoms with Gasteiger partial charge in [0.2, 0.25) is 0 Å². The topological polar surface area (TPSA) is 102 Å². The number of nitrogens with zero attached hydrogens (tertiary/aromatic N) is 1. The maximum Gasteiger partial charge on any atom is 0.337 e. The molecule has 0 spiro atoms. The number of hydrogen-bond acceptors (Lipinski definition) is 5. The van der Waals surface area contributed by atoms with Crippen LogP contribution in [0.5, 0.6) is 5.75 Å². The second kappa shape index (κ2) is 6.13. The highest BCUT2D eigenvalue weighted by atomic mass is 16.6. The minimum atomic E-state index is -1.12. The molecule has 0 atom stereocenters. The fourth-order valence-corrected chi connectivity index (χ4v) is 1.94. The molecule has 2 aromatic rings.